The Kier molecular flexibility index (Phi) is 6.46. The normalized spacial score (nSPS) is 18.6. The van der Waals surface area contributed by atoms with Gasteiger partial charge in [-0.25, -0.2) is 0 Å². The highest BCUT2D eigenvalue weighted by Crippen LogP contribution is 2.36. The van der Waals surface area contributed by atoms with Crippen molar-refractivity contribution in [3.05, 3.63) is 53.6 Å². The van der Waals surface area contributed by atoms with Gasteiger partial charge in [0.1, 0.15) is 17.9 Å². The molecule has 4 nitrogen and oxygen atoms in total. The number of carboxylic acids is 1. The molecule has 3 rings (SSSR count). The Bertz CT molecular complexity index is 770. The smallest absolute Gasteiger partial charge is 0.320 e. The van der Waals surface area contributed by atoms with Crippen LogP contribution in [-0.4, -0.2) is 41.2 Å². The topological polar surface area (TPSA) is 49.8 Å². The molecule has 0 radical (unpaired) electrons. The predicted octanol–water partition coefficient (Wildman–Crippen LogP) is 4.81. The lowest BCUT2D eigenvalue weighted by atomic mass is 10.2. The van der Waals surface area contributed by atoms with Gasteiger partial charge in [-0.15, -0.1) is 0 Å². The molecule has 1 aliphatic rings. The van der Waals surface area contributed by atoms with Gasteiger partial charge in [-0.05, 0) is 56.6 Å². The van der Waals surface area contributed by atoms with Crippen LogP contribution >= 0.6 is 23.4 Å². The molecule has 0 spiro atoms. The zero-order valence-electron chi connectivity index (χ0n) is 14.6. The van der Waals surface area contributed by atoms with Crippen LogP contribution in [0.4, 0.5) is 0 Å². The first kappa shape index (κ1) is 19.1. The minimum absolute atomic E-state index is 0.101. The SMILES string of the molecule is C[C@H](CN1CCC[C@H]1C(=O)O)Oc1ccccc1Sc1cccc(Cl)c1. The largest absolute Gasteiger partial charge is 0.488 e. The van der Waals surface area contributed by atoms with Crippen LogP contribution in [0.3, 0.4) is 0 Å². The highest BCUT2D eigenvalue weighted by atomic mass is 35.5. The molecule has 138 valence electrons. The molecular weight excluding hydrogens is 370 g/mol. The van der Waals surface area contributed by atoms with Crippen molar-refractivity contribution in [3.8, 4) is 5.75 Å². The molecule has 2 aromatic carbocycles. The molecule has 6 heteroatoms. The van der Waals surface area contributed by atoms with Crippen molar-refractivity contribution in [2.75, 3.05) is 13.1 Å². The molecule has 1 saturated heterocycles. The second-order valence-electron chi connectivity index (χ2n) is 6.43. The first-order chi connectivity index (χ1) is 12.5. The number of para-hydroxylation sites is 1. The Labute approximate surface area is 163 Å². The summed E-state index contributed by atoms with van der Waals surface area (Å²) in [7, 11) is 0. The van der Waals surface area contributed by atoms with Crippen molar-refractivity contribution < 1.29 is 14.6 Å². The zero-order valence-corrected chi connectivity index (χ0v) is 16.2. The first-order valence-corrected chi connectivity index (χ1v) is 9.88. The molecule has 0 saturated carbocycles. The summed E-state index contributed by atoms with van der Waals surface area (Å²) in [6, 6.07) is 15.2. The molecule has 1 heterocycles. The van der Waals surface area contributed by atoms with Gasteiger partial charge in [0, 0.05) is 16.5 Å². The van der Waals surface area contributed by atoms with Gasteiger partial charge in [-0.2, -0.15) is 0 Å². The fraction of sp³-hybridized carbons (Fsp3) is 0.350. The van der Waals surface area contributed by atoms with Gasteiger partial charge < -0.3 is 9.84 Å². The van der Waals surface area contributed by atoms with Gasteiger partial charge in [-0.1, -0.05) is 41.6 Å². The van der Waals surface area contributed by atoms with Crippen LogP contribution in [0.15, 0.2) is 58.3 Å². The summed E-state index contributed by atoms with van der Waals surface area (Å²) >= 11 is 7.67. The van der Waals surface area contributed by atoms with E-state index in [1.54, 1.807) is 11.8 Å². The number of carboxylic acid groups (broad SMARTS) is 1. The van der Waals surface area contributed by atoms with E-state index < -0.39 is 12.0 Å². The maximum Gasteiger partial charge on any atom is 0.320 e. The van der Waals surface area contributed by atoms with Gasteiger partial charge >= 0.3 is 5.97 Å². The molecule has 26 heavy (non-hydrogen) atoms. The van der Waals surface area contributed by atoms with Gasteiger partial charge in [0.15, 0.2) is 0 Å². The summed E-state index contributed by atoms with van der Waals surface area (Å²) < 4.78 is 6.15. The third-order valence-corrected chi connectivity index (χ3v) is 5.62. The second kappa shape index (κ2) is 8.80. The molecule has 1 aliphatic heterocycles. The molecule has 2 atom stereocenters. The number of hydrogen-bond donors (Lipinski definition) is 1. The third kappa shape index (κ3) is 4.93. The Morgan fingerprint density at radius 2 is 2.15 bits per heavy atom. The van der Waals surface area contributed by atoms with Crippen LogP contribution in [0.5, 0.6) is 5.75 Å². The molecule has 1 N–H and O–H groups in total. The number of nitrogens with zero attached hydrogens (tertiary/aromatic N) is 1. The number of hydrogen-bond acceptors (Lipinski definition) is 4. The summed E-state index contributed by atoms with van der Waals surface area (Å²) in [5, 5.41) is 10.0. The summed E-state index contributed by atoms with van der Waals surface area (Å²) in [6.45, 7) is 3.40. The van der Waals surface area contributed by atoms with E-state index in [1.165, 1.54) is 0 Å². The van der Waals surface area contributed by atoms with Crippen LogP contribution in [0.1, 0.15) is 19.8 Å². The van der Waals surface area contributed by atoms with Crippen molar-refractivity contribution in [3.63, 3.8) is 0 Å². The lowest BCUT2D eigenvalue weighted by molar-refractivity contribution is -0.142. The summed E-state index contributed by atoms with van der Waals surface area (Å²) in [6.07, 6.45) is 1.53. The van der Waals surface area contributed by atoms with Crippen LogP contribution in [0, 0.1) is 0 Å². The van der Waals surface area contributed by atoms with E-state index in [1.807, 2.05) is 60.4 Å². The standard InChI is InChI=1S/C20H22ClNO3S/c1-14(13-22-11-5-8-17(22)20(23)24)25-18-9-2-3-10-19(18)26-16-7-4-6-15(21)12-16/h2-4,6-7,9-10,12,14,17H,5,8,11,13H2,1H3,(H,23,24)/t14-,17+/m1/s1. The Hall–Kier alpha value is -1.69. The van der Waals surface area contributed by atoms with E-state index >= 15 is 0 Å². The minimum Gasteiger partial charge on any atom is -0.488 e. The van der Waals surface area contributed by atoms with Gasteiger partial charge in [-0.3, -0.25) is 9.69 Å². The Morgan fingerprint density at radius 1 is 1.35 bits per heavy atom. The van der Waals surface area contributed by atoms with E-state index in [2.05, 4.69) is 0 Å². The van der Waals surface area contributed by atoms with Crippen LogP contribution in [0.2, 0.25) is 5.02 Å². The summed E-state index contributed by atoms with van der Waals surface area (Å²) in [4.78, 5) is 15.4. The highest BCUT2D eigenvalue weighted by molar-refractivity contribution is 7.99. The van der Waals surface area contributed by atoms with Crippen molar-refractivity contribution in [1.82, 2.24) is 4.90 Å². The van der Waals surface area contributed by atoms with E-state index in [0.717, 1.165) is 28.5 Å². The molecular formula is C20H22ClNO3S. The van der Waals surface area contributed by atoms with Gasteiger partial charge in [0.25, 0.3) is 0 Å². The number of likely N-dealkylation sites (tertiary alicyclic amines) is 1. The number of rotatable bonds is 7. The first-order valence-electron chi connectivity index (χ1n) is 8.69. The lowest BCUT2D eigenvalue weighted by Gasteiger charge is -2.25. The number of ether oxygens (including phenoxy) is 1. The molecule has 0 aromatic heterocycles. The summed E-state index contributed by atoms with van der Waals surface area (Å²) in [5.41, 5.74) is 0. The maximum atomic E-state index is 11.3. The van der Waals surface area contributed by atoms with Crippen LogP contribution in [-0.2, 0) is 4.79 Å². The van der Waals surface area contributed by atoms with Crippen LogP contribution in [0.25, 0.3) is 0 Å². The fourth-order valence-corrected chi connectivity index (χ4v) is 4.40. The maximum absolute atomic E-state index is 11.3. The van der Waals surface area contributed by atoms with Crippen LogP contribution < -0.4 is 4.74 Å². The monoisotopic (exact) mass is 391 g/mol. The molecule has 0 amide bonds. The molecule has 0 bridgehead atoms. The van der Waals surface area contributed by atoms with Crippen molar-refractivity contribution in [1.29, 1.82) is 0 Å². The van der Waals surface area contributed by atoms with E-state index in [-0.39, 0.29) is 6.10 Å². The van der Waals surface area contributed by atoms with Crippen molar-refractivity contribution in [2.45, 2.75) is 41.7 Å². The minimum atomic E-state index is -0.744. The number of carbonyl (C=O) groups is 1. The van der Waals surface area contributed by atoms with E-state index in [0.29, 0.717) is 18.0 Å². The van der Waals surface area contributed by atoms with Crippen molar-refractivity contribution >= 4 is 29.3 Å². The predicted molar refractivity (Wildman–Crippen MR) is 104 cm³/mol. The van der Waals surface area contributed by atoms with Gasteiger partial charge in [0.05, 0.1) is 4.90 Å². The average Bonchev–Trinajstić information content (AvgIpc) is 3.05. The number of aliphatic carboxylic acids is 1. The highest BCUT2D eigenvalue weighted by Gasteiger charge is 2.31. The van der Waals surface area contributed by atoms with Crippen molar-refractivity contribution in [2.24, 2.45) is 0 Å². The fourth-order valence-electron chi connectivity index (χ4n) is 3.20. The lowest BCUT2D eigenvalue weighted by Crippen LogP contribution is -2.41. The molecule has 0 unspecified atom stereocenters. The zero-order chi connectivity index (χ0) is 18.5. The average molecular weight is 392 g/mol. The number of halogens is 1. The summed E-state index contributed by atoms with van der Waals surface area (Å²) in [5.74, 6) is 0.0580. The molecule has 1 fully saturated rings. The van der Waals surface area contributed by atoms with Gasteiger partial charge in [0.2, 0.25) is 0 Å². The quantitative estimate of drug-likeness (QED) is 0.734. The second-order valence-corrected chi connectivity index (χ2v) is 7.98. The Balaban J connectivity index is 1.67. The van der Waals surface area contributed by atoms with E-state index in [9.17, 15) is 9.90 Å². The third-order valence-electron chi connectivity index (χ3n) is 4.34. The Morgan fingerprint density at radius 3 is 2.92 bits per heavy atom. The molecule has 2 aromatic rings. The van der Waals surface area contributed by atoms with E-state index in [4.69, 9.17) is 16.3 Å². The number of benzene rings is 2. The molecule has 0 aliphatic carbocycles.